The Labute approximate surface area is 90.0 Å². The third kappa shape index (κ3) is 4.64. The summed E-state index contributed by atoms with van der Waals surface area (Å²) in [4.78, 5) is 4.06. The molecule has 0 saturated carbocycles. The second-order valence-electron chi connectivity index (χ2n) is 3.61. The van der Waals surface area contributed by atoms with E-state index in [1.165, 1.54) is 6.20 Å². The Morgan fingerprint density at radius 3 is 2.40 bits per heavy atom. The first-order valence-electron chi connectivity index (χ1n) is 4.57. The second kappa shape index (κ2) is 4.48. The van der Waals surface area contributed by atoms with Gasteiger partial charge in [0.25, 0.3) is 0 Å². The summed E-state index contributed by atoms with van der Waals surface area (Å²) in [6.45, 7) is 4.01. The molecular formula is C9H15N3O2S. The zero-order valence-corrected chi connectivity index (χ0v) is 9.80. The summed E-state index contributed by atoms with van der Waals surface area (Å²) in [7, 11) is -3.22. The Hall–Kier alpha value is -1.30. The maximum absolute atomic E-state index is 10.9. The maximum Gasteiger partial charge on any atom is 0.229 e. The lowest BCUT2D eigenvalue weighted by Crippen LogP contribution is -2.12. The number of pyridine rings is 1. The summed E-state index contributed by atoms with van der Waals surface area (Å²) in [5, 5.41) is 3.11. The fourth-order valence-corrected chi connectivity index (χ4v) is 1.60. The predicted molar refractivity (Wildman–Crippen MR) is 61.5 cm³/mol. The van der Waals surface area contributed by atoms with Crippen molar-refractivity contribution in [1.29, 1.82) is 0 Å². The first-order valence-corrected chi connectivity index (χ1v) is 6.46. The molecule has 0 unspecified atom stereocenters. The number of nitrogens with zero attached hydrogens (tertiary/aromatic N) is 1. The Bertz CT molecular complexity index is 411. The Balaban J connectivity index is 2.73. The molecule has 0 amide bonds. The highest BCUT2D eigenvalue weighted by molar-refractivity contribution is 7.92. The van der Waals surface area contributed by atoms with Crippen molar-refractivity contribution in [2.75, 3.05) is 16.3 Å². The molecule has 0 fully saturated rings. The normalized spacial score (nSPS) is 11.5. The third-order valence-corrected chi connectivity index (χ3v) is 2.11. The molecular weight excluding hydrogens is 214 g/mol. The molecule has 84 valence electrons. The molecule has 0 saturated heterocycles. The summed E-state index contributed by atoms with van der Waals surface area (Å²) in [6, 6.07) is 3.69. The number of aromatic nitrogens is 1. The minimum Gasteiger partial charge on any atom is -0.368 e. The summed E-state index contributed by atoms with van der Waals surface area (Å²) in [5.41, 5.74) is 0.465. The molecule has 5 nitrogen and oxygen atoms in total. The van der Waals surface area contributed by atoms with Crippen LogP contribution < -0.4 is 10.0 Å². The van der Waals surface area contributed by atoms with Crippen LogP contribution in [-0.4, -0.2) is 25.7 Å². The van der Waals surface area contributed by atoms with Crippen LogP contribution in [-0.2, 0) is 10.0 Å². The minimum atomic E-state index is -3.22. The molecule has 1 aromatic heterocycles. The summed E-state index contributed by atoms with van der Waals surface area (Å²) in [5.74, 6) is 0.726. The van der Waals surface area contributed by atoms with Gasteiger partial charge in [-0.05, 0) is 26.0 Å². The van der Waals surface area contributed by atoms with Crippen LogP contribution in [0.5, 0.6) is 0 Å². The van der Waals surface area contributed by atoms with Crippen molar-refractivity contribution in [2.24, 2.45) is 0 Å². The molecule has 1 rings (SSSR count). The second-order valence-corrected chi connectivity index (χ2v) is 5.35. The Morgan fingerprint density at radius 1 is 1.33 bits per heavy atom. The molecule has 0 bridgehead atoms. The van der Waals surface area contributed by atoms with E-state index in [1.54, 1.807) is 12.1 Å². The van der Waals surface area contributed by atoms with Crippen LogP contribution >= 0.6 is 0 Å². The van der Waals surface area contributed by atoms with E-state index >= 15 is 0 Å². The molecule has 15 heavy (non-hydrogen) atoms. The smallest absolute Gasteiger partial charge is 0.229 e. The van der Waals surface area contributed by atoms with Gasteiger partial charge in [0.05, 0.1) is 18.1 Å². The molecule has 1 heterocycles. The van der Waals surface area contributed by atoms with Gasteiger partial charge in [0.1, 0.15) is 5.82 Å². The highest BCUT2D eigenvalue weighted by Gasteiger charge is 2.02. The number of nitrogens with one attached hydrogen (secondary N) is 2. The molecule has 0 aromatic carbocycles. The van der Waals surface area contributed by atoms with Gasteiger partial charge in [-0.3, -0.25) is 4.72 Å². The molecule has 0 aliphatic rings. The van der Waals surface area contributed by atoms with Gasteiger partial charge < -0.3 is 5.32 Å². The molecule has 6 heteroatoms. The maximum atomic E-state index is 10.9. The topological polar surface area (TPSA) is 71.1 Å². The van der Waals surface area contributed by atoms with Gasteiger partial charge in [-0.1, -0.05) is 0 Å². The van der Waals surface area contributed by atoms with Crippen LogP contribution in [0.15, 0.2) is 18.3 Å². The van der Waals surface area contributed by atoms with E-state index in [-0.39, 0.29) is 0 Å². The van der Waals surface area contributed by atoms with Crippen LogP contribution in [0.2, 0.25) is 0 Å². The van der Waals surface area contributed by atoms with Gasteiger partial charge in [0.15, 0.2) is 0 Å². The van der Waals surface area contributed by atoms with Gasteiger partial charge in [-0.15, -0.1) is 0 Å². The zero-order valence-electron chi connectivity index (χ0n) is 8.98. The first kappa shape index (κ1) is 11.8. The SMILES string of the molecule is CC(C)Nc1ccc(NS(C)(=O)=O)cn1. The van der Waals surface area contributed by atoms with E-state index in [0.717, 1.165) is 12.1 Å². The van der Waals surface area contributed by atoms with Crippen LogP contribution in [0.1, 0.15) is 13.8 Å². The van der Waals surface area contributed by atoms with E-state index in [4.69, 9.17) is 0 Å². The molecule has 0 spiro atoms. The Kier molecular flexibility index (Phi) is 3.52. The molecule has 2 N–H and O–H groups in total. The van der Waals surface area contributed by atoms with Crippen molar-refractivity contribution in [2.45, 2.75) is 19.9 Å². The third-order valence-electron chi connectivity index (χ3n) is 1.50. The molecule has 0 aliphatic heterocycles. The van der Waals surface area contributed by atoms with Gasteiger partial charge in [-0.2, -0.15) is 0 Å². The number of hydrogen-bond donors (Lipinski definition) is 2. The van der Waals surface area contributed by atoms with Crippen LogP contribution in [0, 0.1) is 0 Å². The predicted octanol–water partition coefficient (Wildman–Crippen LogP) is 1.27. The van der Waals surface area contributed by atoms with Crippen LogP contribution in [0.25, 0.3) is 0 Å². The highest BCUT2D eigenvalue weighted by atomic mass is 32.2. The average molecular weight is 229 g/mol. The van der Waals surface area contributed by atoms with Gasteiger partial charge >= 0.3 is 0 Å². The lowest BCUT2D eigenvalue weighted by atomic mass is 10.3. The van der Waals surface area contributed by atoms with Gasteiger partial charge in [-0.25, -0.2) is 13.4 Å². The van der Waals surface area contributed by atoms with Gasteiger partial charge in [0, 0.05) is 6.04 Å². The van der Waals surface area contributed by atoms with Gasteiger partial charge in [0.2, 0.25) is 10.0 Å². The average Bonchev–Trinajstić information content (AvgIpc) is 2.05. The van der Waals surface area contributed by atoms with Crippen molar-refractivity contribution in [1.82, 2.24) is 4.98 Å². The fraction of sp³-hybridized carbons (Fsp3) is 0.444. The molecule has 0 radical (unpaired) electrons. The van der Waals surface area contributed by atoms with E-state index in [0.29, 0.717) is 11.7 Å². The number of sulfonamides is 1. The number of anilines is 2. The fourth-order valence-electron chi connectivity index (χ4n) is 1.05. The minimum absolute atomic E-state index is 0.297. The van der Waals surface area contributed by atoms with Crippen LogP contribution in [0.4, 0.5) is 11.5 Å². The monoisotopic (exact) mass is 229 g/mol. The lowest BCUT2D eigenvalue weighted by molar-refractivity contribution is 0.607. The summed E-state index contributed by atoms with van der Waals surface area (Å²) >= 11 is 0. The largest absolute Gasteiger partial charge is 0.368 e. The standard InChI is InChI=1S/C9H15N3O2S/c1-7(2)11-9-5-4-8(6-10-9)12-15(3,13)14/h4-7,12H,1-3H3,(H,10,11). The van der Waals surface area contributed by atoms with Crippen molar-refractivity contribution >= 4 is 21.5 Å². The van der Waals surface area contributed by atoms with Crippen molar-refractivity contribution in [3.05, 3.63) is 18.3 Å². The summed E-state index contributed by atoms with van der Waals surface area (Å²) < 4.78 is 24.2. The van der Waals surface area contributed by atoms with E-state index in [2.05, 4.69) is 15.0 Å². The van der Waals surface area contributed by atoms with Crippen molar-refractivity contribution in [3.8, 4) is 0 Å². The van der Waals surface area contributed by atoms with Crippen molar-refractivity contribution in [3.63, 3.8) is 0 Å². The van der Waals surface area contributed by atoms with E-state index in [9.17, 15) is 8.42 Å². The molecule has 0 aliphatic carbocycles. The van der Waals surface area contributed by atoms with E-state index < -0.39 is 10.0 Å². The Morgan fingerprint density at radius 2 is 2.00 bits per heavy atom. The first-order chi connectivity index (χ1) is 6.87. The lowest BCUT2D eigenvalue weighted by Gasteiger charge is -2.09. The molecule has 1 aromatic rings. The highest BCUT2D eigenvalue weighted by Crippen LogP contribution is 2.11. The molecule has 0 atom stereocenters. The van der Waals surface area contributed by atoms with E-state index in [1.807, 2.05) is 13.8 Å². The zero-order chi connectivity index (χ0) is 11.5. The van der Waals surface area contributed by atoms with Crippen molar-refractivity contribution < 1.29 is 8.42 Å². The number of hydrogen-bond acceptors (Lipinski definition) is 4. The van der Waals surface area contributed by atoms with Crippen LogP contribution in [0.3, 0.4) is 0 Å². The number of rotatable bonds is 4. The summed E-state index contributed by atoms with van der Waals surface area (Å²) in [6.07, 6.45) is 2.58. The quantitative estimate of drug-likeness (QED) is 0.815.